The summed E-state index contributed by atoms with van der Waals surface area (Å²) in [7, 11) is 0. The van der Waals surface area contributed by atoms with Gasteiger partial charge >= 0.3 is 0 Å². The van der Waals surface area contributed by atoms with E-state index in [0.717, 1.165) is 40.0 Å². The molecule has 0 atom stereocenters. The fraction of sp³-hybridized carbons (Fsp3) is 0.250. The number of benzene rings is 2. The summed E-state index contributed by atoms with van der Waals surface area (Å²) in [5.41, 5.74) is 3.20. The van der Waals surface area contributed by atoms with Gasteiger partial charge in [-0.1, -0.05) is 48.5 Å². The lowest BCUT2D eigenvalue weighted by atomic mass is 9.94. The lowest BCUT2D eigenvalue weighted by molar-refractivity contribution is 0.0470. The van der Waals surface area contributed by atoms with Crippen molar-refractivity contribution in [1.82, 2.24) is 9.58 Å². The Kier molecular flexibility index (Phi) is 4.92. The molecule has 5 rings (SSSR count). The molecule has 0 saturated heterocycles. The number of hydrogen-bond donors (Lipinski definition) is 1. The number of carbonyl (C=O) groups is 1. The first-order chi connectivity index (χ1) is 15.5. The molecule has 0 bridgehead atoms. The SMILES string of the molecule is O=C1c2c(O)c(=O)ccn2N(C2c3ccccc3CCc3ccccc32)CN1CC(F)F. The third kappa shape index (κ3) is 3.23. The number of rotatable bonds is 3. The van der Waals surface area contributed by atoms with Gasteiger partial charge in [0.25, 0.3) is 12.3 Å². The van der Waals surface area contributed by atoms with Crippen molar-refractivity contribution in [1.29, 1.82) is 0 Å². The molecular weight excluding hydrogens is 416 g/mol. The van der Waals surface area contributed by atoms with E-state index in [-0.39, 0.29) is 12.4 Å². The van der Waals surface area contributed by atoms with Crippen LogP contribution in [0.25, 0.3) is 0 Å². The largest absolute Gasteiger partial charge is 0.502 e. The maximum Gasteiger partial charge on any atom is 0.278 e. The highest BCUT2D eigenvalue weighted by Gasteiger charge is 2.38. The number of aromatic nitrogens is 1. The summed E-state index contributed by atoms with van der Waals surface area (Å²) in [6.07, 6.45) is 0.308. The Bertz CT molecular complexity index is 1210. The molecule has 8 heteroatoms. The van der Waals surface area contributed by atoms with Crippen molar-refractivity contribution in [3.8, 4) is 5.75 Å². The van der Waals surface area contributed by atoms with E-state index in [1.54, 1.807) is 5.01 Å². The molecule has 0 spiro atoms. The summed E-state index contributed by atoms with van der Waals surface area (Å²) >= 11 is 0. The molecule has 32 heavy (non-hydrogen) atoms. The van der Waals surface area contributed by atoms with Crippen molar-refractivity contribution in [3.05, 3.63) is 99.0 Å². The first-order valence-electron chi connectivity index (χ1n) is 10.4. The lowest BCUT2D eigenvalue weighted by Gasteiger charge is -2.44. The molecule has 2 heterocycles. The van der Waals surface area contributed by atoms with Gasteiger partial charge in [0.2, 0.25) is 5.43 Å². The zero-order chi connectivity index (χ0) is 22.4. The monoisotopic (exact) mass is 437 g/mol. The molecule has 1 aromatic heterocycles. The van der Waals surface area contributed by atoms with Crippen LogP contribution in [-0.2, 0) is 12.8 Å². The Balaban J connectivity index is 1.76. The van der Waals surface area contributed by atoms with Crippen LogP contribution < -0.4 is 10.4 Å². The minimum atomic E-state index is -2.75. The molecule has 6 nitrogen and oxygen atoms in total. The van der Waals surface area contributed by atoms with Crippen molar-refractivity contribution >= 4 is 5.91 Å². The minimum absolute atomic E-state index is 0.119. The number of aryl methyl sites for hydroxylation is 2. The third-order valence-electron chi connectivity index (χ3n) is 6.16. The van der Waals surface area contributed by atoms with Gasteiger partial charge in [0, 0.05) is 12.3 Å². The van der Waals surface area contributed by atoms with E-state index in [4.69, 9.17) is 0 Å². The maximum atomic E-state index is 13.3. The van der Waals surface area contributed by atoms with Crippen LogP contribution in [0.4, 0.5) is 8.78 Å². The van der Waals surface area contributed by atoms with Crippen LogP contribution in [0.3, 0.4) is 0 Å². The molecule has 3 aromatic rings. The quantitative estimate of drug-likeness (QED) is 0.684. The predicted octanol–water partition coefficient (Wildman–Crippen LogP) is 3.06. The molecule has 2 aliphatic rings. The number of hydrogen-bond acceptors (Lipinski definition) is 4. The van der Waals surface area contributed by atoms with E-state index < -0.39 is 36.1 Å². The fourth-order valence-electron chi connectivity index (χ4n) is 4.72. The average molecular weight is 437 g/mol. The van der Waals surface area contributed by atoms with Crippen molar-refractivity contribution in [2.75, 3.05) is 18.2 Å². The zero-order valence-corrected chi connectivity index (χ0v) is 17.1. The highest BCUT2D eigenvalue weighted by atomic mass is 19.3. The first-order valence-corrected chi connectivity index (χ1v) is 10.4. The summed E-state index contributed by atoms with van der Waals surface area (Å²) < 4.78 is 28.1. The summed E-state index contributed by atoms with van der Waals surface area (Å²) in [6, 6.07) is 16.6. The van der Waals surface area contributed by atoms with Gasteiger partial charge in [0.15, 0.2) is 11.4 Å². The number of halogens is 2. The van der Waals surface area contributed by atoms with Gasteiger partial charge in [-0.15, -0.1) is 0 Å². The van der Waals surface area contributed by atoms with Gasteiger partial charge in [0.05, 0.1) is 12.6 Å². The van der Waals surface area contributed by atoms with Gasteiger partial charge in [-0.2, -0.15) is 0 Å². The number of alkyl halides is 2. The van der Waals surface area contributed by atoms with Crippen LogP contribution in [0, 0.1) is 0 Å². The molecule has 1 aliphatic carbocycles. The van der Waals surface area contributed by atoms with E-state index in [0.29, 0.717) is 0 Å². The van der Waals surface area contributed by atoms with Crippen LogP contribution in [0.15, 0.2) is 65.6 Å². The van der Waals surface area contributed by atoms with Crippen molar-refractivity contribution < 1.29 is 18.7 Å². The van der Waals surface area contributed by atoms with Gasteiger partial charge in [-0.05, 0) is 35.1 Å². The number of fused-ring (bicyclic) bond motifs is 3. The van der Waals surface area contributed by atoms with Crippen molar-refractivity contribution in [2.24, 2.45) is 0 Å². The molecule has 2 aromatic carbocycles. The molecule has 1 amide bonds. The summed E-state index contributed by atoms with van der Waals surface area (Å²) in [5.74, 6) is -1.54. The van der Waals surface area contributed by atoms with Gasteiger partial charge in [0.1, 0.15) is 6.67 Å². The van der Waals surface area contributed by atoms with Crippen molar-refractivity contribution in [3.63, 3.8) is 0 Å². The highest BCUT2D eigenvalue weighted by Crippen LogP contribution is 2.38. The first kappa shape index (κ1) is 20.2. The molecule has 164 valence electrons. The Labute approximate surface area is 182 Å². The predicted molar refractivity (Wildman–Crippen MR) is 115 cm³/mol. The molecule has 0 saturated carbocycles. The molecule has 0 unspecified atom stereocenters. The number of pyridine rings is 1. The Morgan fingerprint density at radius 3 is 2.12 bits per heavy atom. The molecule has 1 N–H and O–H groups in total. The zero-order valence-electron chi connectivity index (χ0n) is 17.1. The summed E-state index contributed by atoms with van der Waals surface area (Å²) in [6.45, 7) is -0.917. The number of amides is 1. The van der Waals surface area contributed by atoms with E-state index >= 15 is 0 Å². The molecule has 1 aliphatic heterocycles. The number of nitrogens with zero attached hydrogens (tertiary/aromatic N) is 3. The minimum Gasteiger partial charge on any atom is -0.502 e. The smallest absolute Gasteiger partial charge is 0.278 e. The van der Waals surface area contributed by atoms with Crippen LogP contribution in [-0.4, -0.2) is 40.2 Å². The Hall–Kier alpha value is -3.68. The van der Waals surface area contributed by atoms with Gasteiger partial charge in [-0.3, -0.25) is 19.3 Å². The number of aromatic hydroxyl groups is 1. The van der Waals surface area contributed by atoms with Crippen LogP contribution in [0.5, 0.6) is 5.75 Å². The topological polar surface area (TPSA) is 65.8 Å². The van der Waals surface area contributed by atoms with Gasteiger partial charge in [-0.25, -0.2) is 8.78 Å². The average Bonchev–Trinajstić information content (AvgIpc) is 2.94. The fourth-order valence-corrected chi connectivity index (χ4v) is 4.72. The second-order valence-electron chi connectivity index (χ2n) is 8.02. The Morgan fingerprint density at radius 2 is 1.53 bits per heavy atom. The summed E-state index contributed by atoms with van der Waals surface area (Å²) in [5, 5.41) is 12.2. The van der Waals surface area contributed by atoms with Crippen molar-refractivity contribution in [2.45, 2.75) is 25.3 Å². The maximum absolute atomic E-state index is 13.3. The van der Waals surface area contributed by atoms with E-state index in [1.165, 1.54) is 16.9 Å². The summed E-state index contributed by atoms with van der Waals surface area (Å²) in [4.78, 5) is 26.0. The normalized spacial score (nSPS) is 15.9. The second-order valence-corrected chi connectivity index (χ2v) is 8.02. The third-order valence-corrected chi connectivity index (χ3v) is 6.16. The molecular formula is C24H21F2N3O3. The lowest BCUT2D eigenvalue weighted by Crippen LogP contribution is -2.56. The molecule has 0 fully saturated rings. The van der Waals surface area contributed by atoms with Crippen LogP contribution >= 0.6 is 0 Å². The standard InChI is InChI=1S/C24H21F2N3O3/c25-20(26)13-27-14-29(28-12-11-19(30)23(31)22(28)24(27)32)21-17-7-3-1-5-15(17)9-10-16-6-2-4-8-18(16)21/h1-8,11-12,20-21,31H,9-10,13-14H2. The van der Waals surface area contributed by atoms with Crippen LogP contribution in [0.1, 0.15) is 38.8 Å². The molecule has 0 radical (unpaired) electrons. The number of carbonyl (C=O) groups excluding carboxylic acids is 1. The van der Waals surface area contributed by atoms with E-state index in [1.807, 2.05) is 48.5 Å². The van der Waals surface area contributed by atoms with E-state index in [9.17, 15) is 23.5 Å². The second kappa shape index (κ2) is 7.78. The van der Waals surface area contributed by atoms with Gasteiger partial charge < -0.3 is 10.0 Å². The Morgan fingerprint density at radius 1 is 0.938 bits per heavy atom. The van der Waals surface area contributed by atoms with E-state index in [2.05, 4.69) is 0 Å². The highest BCUT2D eigenvalue weighted by molar-refractivity contribution is 5.96. The van der Waals surface area contributed by atoms with Crippen LogP contribution in [0.2, 0.25) is 0 Å².